The van der Waals surface area contributed by atoms with Gasteiger partial charge in [-0.25, -0.2) is 0 Å². The summed E-state index contributed by atoms with van der Waals surface area (Å²) in [6.45, 7) is 86.3. The highest BCUT2D eigenvalue weighted by molar-refractivity contribution is 5.15. The molecule has 508 valence electrons. The summed E-state index contributed by atoms with van der Waals surface area (Å²) in [7, 11) is 0. The topological polar surface area (TPSA) is 0 Å². The fraction of sp³-hybridized carbons (Fsp3) is 0.929. The van der Waals surface area contributed by atoms with E-state index in [0.29, 0.717) is 48.7 Å². The molecule has 0 bridgehead atoms. The second-order valence-corrected chi connectivity index (χ2v) is 39.7. The van der Waals surface area contributed by atoms with Crippen LogP contribution < -0.4 is 0 Å². The lowest BCUT2D eigenvalue weighted by Crippen LogP contribution is -2.29. The third kappa shape index (κ3) is 64.2. The normalized spacial score (nSPS) is 17.6. The van der Waals surface area contributed by atoms with Crippen LogP contribution >= 0.6 is 0 Å². The van der Waals surface area contributed by atoms with E-state index in [-0.39, 0.29) is 22.2 Å². The van der Waals surface area contributed by atoms with Crippen LogP contribution in [-0.4, -0.2) is 0 Å². The Morgan fingerprint density at radius 1 is 0.440 bits per heavy atom. The predicted molar refractivity (Wildman–Crippen MR) is 396 cm³/mol. The summed E-state index contributed by atoms with van der Waals surface area (Å²) in [5.74, 6) is 3.00. The van der Waals surface area contributed by atoms with E-state index in [0.717, 1.165) is 24.2 Å². The number of rotatable bonds is 7. The molecule has 0 heterocycles. The number of hydrogen-bond donors (Lipinski definition) is 0. The average Bonchev–Trinajstić information content (AvgIpc) is 3.27. The highest BCUT2D eigenvalue weighted by Crippen LogP contribution is 2.50. The van der Waals surface area contributed by atoms with E-state index < -0.39 is 12.7 Å². The van der Waals surface area contributed by atoms with E-state index in [2.05, 4.69) is 224 Å². The number of benzene rings is 1. The van der Waals surface area contributed by atoms with Crippen LogP contribution in [-0.2, 0) is 6.42 Å². The minimum Gasteiger partial charge on any atom is -0.0654 e. The molecule has 0 unspecified atom stereocenters. The smallest absolute Gasteiger partial charge is 0.0277 e. The standard InChI is InChI=1S/C11H16.2C10H20.C9H18.4C9H20.C8H18/c1-11(2,3)9-10-7-5-4-6-8-10;1-9(2,3)10(4)7-5-6-8-10;1-10(2,3)9-7-5-4-6-8-9;1-9(2,3)8-6-4-5-7-8;2*1-8(2,3)7-9(4,5)6;1-6-8(7-2)9(3,4)5;1-5-6-7-8-9(2,3)4;1-7(2)6-8(3,4)5/h4-8H,9H2,1-3H3;5-8H2,1-4H3;9H,4-8H2,1-3H3;8H,4-7H2,1-3H3;2*7H2,1-6H3;8H,6-7H2,1-5H3;5-8H2,1-4H3;7H,6H2,1-5H3/i;;;;7D2;;;;6D2. The molecule has 0 amide bonds. The minimum atomic E-state index is -1.13. The Kier molecular flexibility index (Phi) is 41.2. The largest absolute Gasteiger partial charge is 0.0654 e. The first-order valence-electron chi connectivity index (χ1n) is 37.8. The van der Waals surface area contributed by atoms with Gasteiger partial charge in [-0.3, -0.25) is 0 Å². The second kappa shape index (κ2) is 41.6. The Labute approximate surface area is 545 Å². The molecule has 0 spiro atoms. The zero-order valence-electron chi connectivity index (χ0n) is 70.5. The summed E-state index contributed by atoms with van der Waals surface area (Å²) in [4.78, 5) is 0. The molecule has 4 rings (SSSR count). The molecule has 0 saturated heterocycles. The van der Waals surface area contributed by atoms with Crippen LogP contribution in [0.4, 0.5) is 0 Å². The van der Waals surface area contributed by atoms with Crippen LogP contribution in [0.3, 0.4) is 0 Å². The maximum atomic E-state index is 7.90. The van der Waals surface area contributed by atoms with Crippen molar-refractivity contribution in [3.05, 3.63) is 35.9 Å². The first-order chi connectivity index (χ1) is 38.7. The zero-order valence-corrected chi connectivity index (χ0v) is 66.5. The SMILES string of the molecule is CC(C)(C)C1(C)CCCC1.CC(C)(C)C1CCCC1.CC(C)(C)C1CCCCC1.CC(C)(C)CC(C)(C)C.CC(C)(C)Cc1ccccc1.CCC(CC)C(C)(C)C.CCCCCC(C)(C)C.[2H]C([2H])(C(C)(C)C)C(C)(C)C.[2H]C([2H])(C(C)C)C(C)(C)C. The van der Waals surface area contributed by atoms with Crippen LogP contribution in [0, 0.1) is 88.7 Å². The lowest BCUT2D eigenvalue weighted by atomic mass is 9.67. The fourth-order valence-electron chi connectivity index (χ4n) is 12.9. The van der Waals surface area contributed by atoms with Gasteiger partial charge in [-0.15, -0.1) is 0 Å². The third-order valence-electron chi connectivity index (χ3n) is 16.8. The average molecular weight is 1190 g/mol. The molecule has 1 aromatic carbocycles. The molecule has 3 saturated carbocycles. The Balaban J connectivity index is -0.000000294. The van der Waals surface area contributed by atoms with Crippen LogP contribution in [0.25, 0.3) is 0 Å². The predicted octanol–water partition coefficient (Wildman–Crippen LogP) is 30.8. The van der Waals surface area contributed by atoms with Crippen molar-refractivity contribution in [3.63, 3.8) is 0 Å². The molecular weight excluding hydrogens is 1010 g/mol. The molecule has 84 heavy (non-hydrogen) atoms. The van der Waals surface area contributed by atoms with E-state index >= 15 is 0 Å². The molecule has 0 aromatic heterocycles. The van der Waals surface area contributed by atoms with Gasteiger partial charge >= 0.3 is 0 Å². The van der Waals surface area contributed by atoms with Crippen molar-refractivity contribution in [1.29, 1.82) is 0 Å². The van der Waals surface area contributed by atoms with Gasteiger partial charge in [-0.1, -0.05) is 377 Å². The van der Waals surface area contributed by atoms with Crippen LogP contribution in [0.5, 0.6) is 0 Å². The van der Waals surface area contributed by atoms with Crippen molar-refractivity contribution >= 4 is 0 Å². The molecule has 1 aromatic rings. The minimum absolute atomic E-state index is 0.0903. The van der Waals surface area contributed by atoms with Crippen LogP contribution in [0.15, 0.2) is 30.3 Å². The summed E-state index contributed by atoms with van der Waals surface area (Å²) >= 11 is 0. The van der Waals surface area contributed by atoms with Crippen molar-refractivity contribution in [2.24, 2.45) is 88.7 Å². The lowest BCUT2D eigenvalue weighted by Gasteiger charge is -2.38. The van der Waals surface area contributed by atoms with Gasteiger partial charge in [-0.05, 0) is 165 Å². The first kappa shape index (κ1) is 83.2. The summed E-state index contributed by atoms with van der Waals surface area (Å²) in [5.41, 5.74) is 5.35. The Morgan fingerprint density at radius 2 is 0.798 bits per heavy atom. The zero-order chi connectivity index (χ0) is 71.3. The molecule has 3 fully saturated rings. The lowest BCUT2D eigenvalue weighted by molar-refractivity contribution is 0.117. The highest BCUT2D eigenvalue weighted by Gasteiger charge is 2.39. The summed E-state index contributed by atoms with van der Waals surface area (Å²) in [5, 5.41) is 0. The number of hydrogen-bond acceptors (Lipinski definition) is 0. The van der Waals surface area contributed by atoms with Gasteiger partial charge in [0.15, 0.2) is 0 Å². The van der Waals surface area contributed by atoms with Gasteiger partial charge in [0, 0.05) is 5.48 Å². The van der Waals surface area contributed by atoms with Gasteiger partial charge in [-0.2, -0.15) is 0 Å². The molecule has 0 radical (unpaired) electrons. The molecule has 0 aliphatic heterocycles. The summed E-state index contributed by atoms with van der Waals surface area (Å²) in [6.07, 6.45) is 27.5. The number of unbranched alkanes of at least 4 members (excludes halogenated alkanes) is 2. The van der Waals surface area contributed by atoms with Gasteiger partial charge in [0.05, 0.1) is 0 Å². The fourth-order valence-corrected chi connectivity index (χ4v) is 12.9. The monoisotopic (exact) mass is 1190 g/mol. The van der Waals surface area contributed by atoms with E-state index in [9.17, 15) is 0 Å². The van der Waals surface area contributed by atoms with Crippen molar-refractivity contribution < 1.29 is 5.48 Å². The quantitative estimate of drug-likeness (QED) is 0.239. The van der Waals surface area contributed by atoms with Crippen LogP contribution in [0.2, 0.25) is 0 Å². The molecular formula is C84H172. The van der Waals surface area contributed by atoms with Crippen molar-refractivity contribution in [2.45, 2.75) is 418 Å². The Morgan fingerprint density at radius 3 is 0.964 bits per heavy atom. The third-order valence-corrected chi connectivity index (χ3v) is 16.8. The molecule has 0 heteroatoms. The second-order valence-electron chi connectivity index (χ2n) is 39.7. The molecule has 0 N–H and O–H groups in total. The van der Waals surface area contributed by atoms with E-state index in [1.165, 1.54) is 134 Å². The van der Waals surface area contributed by atoms with E-state index in [4.69, 9.17) is 5.48 Å². The molecule has 0 atom stereocenters. The van der Waals surface area contributed by atoms with Gasteiger partial charge in [0.2, 0.25) is 0 Å². The van der Waals surface area contributed by atoms with Crippen molar-refractivity contribution in [2.75, 3.05) is 0 Å². The Bertz CT molecular complexity index is 1730. The van der Waals surface area contributed by atoms with Gasteiger partial charge in [0.1, 0.15) is 0 Å². The molecule has 3 aliphatic carbocycles. The van der Waals surface area contributed by atoms with Gasteiger partial charge in [0.25, 0.3) is 0 Å². The van der Waals surface area contributed by atoms with Crippen LogP contribution in [0.1, 0.15) is 422 Å². The molecule has 3 aliphatic rings. The summed E-state index contributed by atoms with van der Waals surface area (Å²) in [6, 6.07) is 10.6. The van der Waals surface area contributed by atoms with E-state index in [1.54, 1.807) is 0 Å². The molecule has 0 nitrogen and oxygen atoms in total. The summed E-state index contributed by atoms with van der Waals surface area (Å²) < 4.78 is 31.2. The van der Waals surface area contributed by atoms with Crippen molar-refractivity contribution in [3.8, 4) is 0 Å². The first-order valence-corrected chi connectivity index (χ1v) is 35.8. The maximum absolute atomic E-state index is 7.90. The van der Waals surface area contributed by atoms with E-state index in [1.807, 2.05) is 76.2 Å². The maximum Gasteiger partial charge on any atom is 0.0277 e. The highest BCUT2D eigenvalue weighted by atomic mass is 14.4. The Hall–Kier alpha value is -0.780. The van der Waals surface area contributed by atoms with Crippen molar-refractivity contribution in [1.82, 2.24) is 0 Å². The van der Waals surface area contributed by atoms with Gasteiger partial charge < -0.3 is 0 Å².